The van der Waals surface area contributed by atoms with Crippen LogP contribution in [0.2, 0.25) is 0 Å². The first-order valence-corrected chi connectivity index (χ1v) is 16.8. The number of nitrogens with zero attached hydrogens (tertiary/aromatic N) is 3. The number of H-pyrrole nitrogens is 1. The summed E-state index contributed by atoms with van der Waals surface area (Å²) in [5, 5.41) is 0. The number of nitrogens with two attached hydrogens (primary N) is 1. The molecule has 0 spiro atoms. The number of aromatic amines is 1. The number of phosphoric ester groups is 1. The molecule has 19 nitrogen and oxygen atoms in total. The minimum atomic E-state index is -4.78. The Morgan fingerprint density at radius 3 is 1.79 bits per heavy atom. The molecule has 4 rings (SSSR count). The van der Waals surface area contributed by atoms with E-state index in [1.165, 1.54) is 73.3 Å². The van der Waals surface area contributed by atoms with Gasteiger partial charge in [-0.1, -0.05) is 24.3 Å². The summed E-state index contributed by atoms with van der Waals surface area (Å²) in [7, 11) is -2.47. The van der Waals surface area contributed by atoms with Gasteiger partial charge in [0.2, 0.25) is 5.95 Å². The van der Waals surface area contributed by atoms with E-state index in [1.807, 2.05) is 0 Å². The van der Waals surface area contributed by atoms with E-state index in [1.54, 1.807) is 0 Å². The molecule has 2 heterocycles. The average molecular weight is 746 g/mol. The van der Waals surface area contributed by atoms with Crippen LogP contribution in [0.25, 0.3) is 11.2 Å². The van der Waals surface area contributed by atoms with Gasteiger partial charge in [0, 0.05) is 13.8 Å². The number of aromatic nitrogens is 4. The molecule has 0 aliphatic carbocycles. The van der Waals surface area contributed by atoms with Gasteiger partial charge in [-0.15, -0.1) is 0 Å². The van der Waals surface area contributed by atoms with E-state index in [4.69, 9.17) is 43.0 Å². The van der Waals surface area contributed by atoms with Crippen LogP contribution in [0.3, 0.4) is 0 Å². The van der Waals surface area contributed by atoms with E-state index in [0.717, 1.165) is 14.2 Å². The lowest BCUT2D eigenvalue weighted by atomic mass is 10.1. The predicted molar refractivity (Wildman–Crippen MR) is 178 cm³/mol. The van der Waals surface area contributed by atoms with Crippen LogP contribution in [0.15, 0.2) is 59.7 Å². The van der Waals surface area contributed by atoms with Crippen molar-refractivity contribution >= 4 is 48.8 Å². The highest BCUT2D eigenvalue weighted by molar-refractivity contribution is 7.48. The SMILES string of the molecule is COC(=O)CC(OP(=O)(OCCOCn1cnc2c(=O)[nH]c(N)nc21)OC(CC(=O)OC)c1ccc(OC(C)=O)cc1)c1ccc(OC(C)=O)cc1. The molecule has 0 amide bonds. The second-order valence-corrected chi connectivity index (χ2v) is 12.3. The normalized spacial score (nSPS) is 13.5. The van der Waals surface area contributed by atoms with Crippen LogP contribution in [0.4, 0.5) is 5.95 Å². The molecule has 0 bridgehead atoms. The number of rotatable bonds is 18. The average Bonchev–Trinajstić information content (AvgIpc) is 3.50. The number of benzene rings is 2. The van der Waals surface area contributed by atoms with Crippen molar-refractivity contribution < 1.29 is 61.0 Å². The highest BCUT2D eigenvalue weighted by Gasteiger charge is 2.37. The van der Waals surface area contributed by atoms with Crippen molar-refractivity contribution in [2.75, 3.05) is 33.2 Å². The number of nitrogen functional groups attached to an aromatic ring is 1. The first-order chi connectivity index (χ1) is 24.8. The number of imidazole rings is 1. The summed E-state index contributed by atoms with van der Waals surface area (Å²) in [6.45, 7) is 1.66. The summed E-state index contributed by atoms with van der Waals surface area (Å²) in [4.78, 5) is 70.3. The standard InChI is InChI=1S/C32H36N5O14P/c1-19(38)48-23-9-5-21(6-10-23)25(15-27(40)44-3)50-52(43,47-14-13-46-18-37-17-34-29-30(37)35-32(33)36-31(29)42)51-26(16-28(41)45-4)22-7-11-24(12-8-22)49-20(2)39/h5-12,17,25-26H,13-16,18H2,1-4H3,(H3,33,35,36,42). The van der Waals surface area contributed by atoms with E-state index in [9.17, 15) is 28.5 Å². The van der Waals surface area contributed by atoms with Gasteiger partial charge in [-0.05, 0) is 35.4 Å². The fourth-order valence-corrected chi connectivity index (χ4v) is 6.05. The fraction of sp³-hybridized carbons (Fsp3) is 0.344. The minimum absolute atomic E-state index is 0.0374. The van der Waals surface area contributed by atoms with E-state index < -0.39 is 68.9 Å². The monoisotopic (exact) mass is 745 g/mol. The zero-order chi connectivity index (χ0) is 37.8. The summed E-state index contributed by atoms with van der Waals surface area (Å²) in [5.41, 5.74) is 5.91. The van der Waals surface area contributed by atoms with Crippen LogP contribution >= 0.6 is 7.82 Å². The van der Waals surface area contributed by atoms with Crippen LogP contribution in [0.5, 0.6) is 11.5 Å². The molecular weight excluding hydrogens is 709 g/mol. The third-order valence-electron chi connectivity index (χ3n) is 6.90. The van der Waals surface area contributed by atoms with E-state index in [-0.39, 0.29) is 41.9 Å². The van der Waals surface area contributed by atoms with Gasteiger partial charge in [-0.3, -0.25) is 47.1 Å². The van der Waals surface area contributed by atoms with Gasteiger partial charge >= 0.3 is 31.7 Å². The van der Waals surface area contributed by atoms with Gasteiger partial charge in [-0.2, -0.15) is 4.98 Å². The molecule has 2 unspecified atom stereocenters. The Labute approximate surface area is 295 Å². The molecular formula is C32H36N5O14P. The summed E-state index contributed by atoms with van der Waals surface area (Å²) in [6.07, 6.45) is -2.21. The van der Waals surface area contributed by atoms with Crippen molar-refractivity contribution in [3.63, 3.8) is 0 Å². The second kappa shape index (κ2) is 18.2. The number of carbonyl (C=O) groups excluding carboxylic acids is 4. The Morgan fingerprint density at radius 1 is 0.827 bits per heavy atom. The smallest absolute Gasteiger partial charge is 0.469 e. The van der Waals surface area contributed by atoms with Crippen molar-refractivity contribution in [1.82, 2.24) is 19.5 Å². The molecule has 52 heavy (non-hydrogen) atoms. The maximum atomic E-state index is 14.5. The topological polar surface area (TPSA) is 249 Å². The maximum absolute atomic E-state index is 14.5. The van der Waals surface area contributed by atoms with Crippen molar-refractivity contribution in [2.45, 2.75) is 45.6 Å². The van der Waals surface area contributed by atoms with Gasteiger partial charge in [0.05, 0.1) is 46.6 Å². The number of phosphoric acid groups is 1. The van der Waals surface area contributed by atoms with Crippen LogP contribution in [0.1, 0.15) is 50.0 Å². The van der Waals surface area contributed by atoms with E-state index in [2.05, 4.69) is 15.0 Å². The number of nitrogens with one attached hydrogen (secondary N) is 1. The van der Waals surface area contributed by atoms with Gasteiger partial charge in [0.15, 0.2) is 11.2 Å². The molecule has 0 aliphatic heterocycles. The molecule has 0 fully saturated rings. The maximum Gasteiger partial charge on any atom is 0.476 e. The molecule has 0 saturated carbocycles. The van der Waals surface area contributed by atoms with Crippen molar-refractivity contribution in [1.29, 1.82) is 0 Å². The Balaban J connectivity index is 1.61. The lowest BCUT2D eigenvalue weighted by Gasteiger charge is -2.27. The predicted octanol–water partition coefficient (Wildman–Crippen LogP) is 3.29. The molecule has 2 aromatic carbocycles. The second-order valence-electron chi connectivity index (χ2n) is 10.7. The molecule has 4 aromatic rings. The first-order valence-electron chi connectivity index (χ1n) is 15.4. The number of methoxy groups -OCH3 is 2. The largest absolute Gasteiger partial charge is 0.476 e. The Hall–Kier alpha value is -5.46. The molecule has 278 valence electrons. The number of fused-ring (bicyclic) bond motifs is 1. The molecule has 2 atom stereocenters. The first kappa shape index (κ1) is 39.3. The van der Waals surface area contributed by atoms with Gasteiger partial charge in [-0.25, -0.2) is 9.55 Å². The van der Waals surface area contributed by atoms with Gasteiger partial charge in [0.25, 0.3) is 5.56 Å². The summed E-state index contributed by atoms with van der Waals surface area (Å²) in [5.74, 6) is -2.32. The zero-order valence-corrected chi connectivity index (χ0v) is 29.4. The van der Waals surface area contributed by atoms with Crippen LogP contribution in [0, 0.1) is 0 Å². The Bertz CT molecular complexity index is 1890. The number of hydrogen-bond donors (Lipinski definition) is 2. The molecule has 20 heteroatoms. The number of ether oxygens (including phenoxy) is 5. The van der Waals surface area contributed by atoms with Crippen molar-refractivity contribution in [3.8, 4) is 11.5 Å². The number of carbonyl (C=O) groups is 4. The third kappa shape index (κ3) is 11.3. The number of anilines is 1. The fourth-order valence-electron chi connectivity index (χ4n) is 4.57. The summed E-state index contributed by atoms with van der Waals surface area (Å²) < 4.78 is 59.0. The molecule has 0 saturated heterocycles. The number of esters is 4. The van der Waals surface area contributed by atoms with E-state index in [0.29, 0.717) is 11.1 Å². The van der Waals surface area contributed by atoms with Gasteiger partial charge < -0.3 is 29.4 Å². The van der Waals surface area contributed by atoms with Crippen LogP contribution in [-0.2, 0) is 58.3 Å². The van der Waals surface area contributed by atoms with E-state index >= 15 is 0 Å². The minimum Gasteiger partial charge on any atom is -0.469 e. The quantitative estimate of drug-likeness (QED) is 0.0641. The van der Waals surface area contributed by atoms with Crippen LogP contribution < -0.4 is 20.8 Å². The Kier molecular flexibility index (Phi) is 13.7. The highest BCUT2D eigenvalue weighted by Crippen LogP contribution is 2.57. The number of hydrogen-bond acceptors (Lipinski definition) is 17. The molecule has 0 aliphatic rings. The summed E-state index contributed by atoms with van der Waals surface area (Å²) >= 11 is 0. The molecule has 3 N–H and O–H groups in total. The lowest BCUT2D eigenvalue weighted by molar-refractivity contribution is -0.143. The summed E-state index contributed by atoms with van der Waals surface area (Å²) in [6, 6.07) is 11.6. The molecule has 2 aromatic heterocycles. The highest BCUT2D eigenvalue weighted by atomic mass is 31.2. The van der Waals surface area contributed by atoms with Crippen molar-refractivity contribution in [3.05, 3.63) is 76.3 Å². The zero-order valence-electron chi connectivity index (χ0n) is 28.5. The lowest BCUT2D eigenvalue weighted by Crippen LogP contribution is -2.17. The third-order valence-corrected chi connectivity index (χ3v) is 8.42. The molecule has 0 radical (unpaired) electrons. The van der Waals surface area contributed by atoms with Crippen LogP contribution in [-0.4, -0.2) is 70.8 Å². The van der Waals surface area contributed by atoms with Gasteiger partial charge in [0.1, 0.15) is 30.4 Å². The Morgan fingerprint density at radius 2 is 1.33 bits per heavy atom. The van der Waals surface area contributed by atoms with Crippen molar-refractivity contribution in [2.24, 2.45) is 0 Å².